The second-order valence-corrected chi connectivity index (χ2v) is 5.31. The molecule has 2 N–H and O–H groups in total. The topological polar surface area (TPSA) is 47.7 Å². The van der Waals surface area contributed by atoms with Gasteiger partial charge >= 0.3 is 0 Å². The average molecular weight is 242 g/mol. The van der Waals surface area contributed by atoms with Gasteiger partial charge in [-0.2, -0.15) is 0 Å². The summed E-state index contributed by atoms with van der Waals surface area (Å²) in [4.78, 5) is 2.67. The van der Waals surface area contributed by atoms with Crippen LogP contribution in [0.3, 0.4) is 0 Å². The minimum absolute atomic E-state index is 0.446. The molecule has 0 aromatic carbocycles. The predicted molar refractivity (Wildman–Crippen MR) is 68.0 cm³/mol. The Morgan fingerprint density at radius 3 is 2.47 bits per heavy atom. The molecule has 2 fully saturated rings. The summed E-state index contributed by atoms with van der Waals surface area (Å²) in [5.41, 5.74) is 6.06. The third-order valence-corrected chi connectivity index (χ3v) is 4.06. The van der Waals surface area contributed by atoms with E-state index in [0.717, 1.165) is 25.1 Å². The summed E-state index contributed by atoms with van der Waals surface area (Å²) < 4.78 is 10.4. The van der Waals surface area contributed by atoms with Crippen LogP contribution in [0.2, 0.25) is 0 Å². The minimum Gasteiger partial charge on any atom is -0.382 e. The summed E-state index contributed by atoms with van der Waals surface area (Å²) in [7, 11) is 1.71. The fraction of sp³-hybridized carbons (Fsp3) is 1.00. The molecule has 0 spiro atoms. The molecule has 2 saturated heterocycles. The van der Waals surface area contributed by atoms with Gasteiger partial charge in [-0.05, 0) is 32.1 Å². The molecule has 2 rings (SSSR count). The van der Waals surface area contributed by atoms with Gasteiger partial charge in [0.2, 0.25) is 0 Å². The van der Waals surface area contributed by atoms with Crippen molar-refractivity contribution in [2.24, 2.45) is 5.73 Å². The van der Waals surface area contributed by atoms with Crippen LogP contribution in [-0.4, -0.2) is 56.5 Å². The van der Waals surface area contributed by atoms with Gasteiger partial charge in [0, 0.05) is 38.4 Å². The van der Waals surface area contributed by atoms with Gasteiger partial charge in [0.15, 0.2) is 0 Å². The van der Waals surface area contributed by atoms with Gasteiger partial charge in [0.05, 0.1) is 13.2 Å². The van der Waals surface area contributed by atoms with Gasteiger partial charge in [-0.25, -0.2) is 0 Å². The summed E-state index contributed by atoms with van der Waals surface area (Å²) in [5.74, 6) is 0. The van der Waals surface area contributed by atoms with E-state index in [0.29, 0.717) is 19.3 Å². The van der Waals surface area contributed by atoms with Crippen molar-refractivity contribution in [2.75, 3.05) is 33.5 Å². The van der Waals surface area contributed by atoms with Gasteiger partial charge in [0.25, 0.3) is 0 Å². The normalized spacial score (nSPS) is 33.2. The maximum Gasteiger partial charge on any atom is 0.0700 e. The highest BCUT2D eigenvalue weighted by atomic mass is 16.5. The molecule has 2 unspecified atom stereocenters. The number of hydrogen-bond donors (Lipinski definition) is 1. The van der Waals surface area contributed by atoms with Crippen LogP contribution in [0, 0.1) is 0 Å². The molecule has 4 nitrogen and oxygen atoms in total. The third kappa shape index (κ3) is 3.65. The van der Waals surface area contributed by atoms with Crippen LogP contribution < -0.4 is 5.73 Å². The van der Waals surface area contributed by atoms with E-state index in [1.54, 1.807) is 7.11 Å². The van der Waals surface area contributed by atoms with Gasteiger partial charge in [-0.3, -0.25) is 4.90 Å². The zero-order chi connectivity index (χ0) is 12.1. The Labute approximate surface area is 104 Å². The summed E-state index contributed by atoms with van der Waals surface area (Å²) in [6.45, 7) is 3.44. The first-order valence-electron chi connectivity index (χ1n) is 6.89. The second-order valence-electron chi connectivity index (χ2n) is 5.31. The summed E-state index contributed by atoms with van der Waals surface area (Å²) in [5, 5.41) is 0. The fourth-order valence-electron chi connectivity index (χ4n) is 3.27. The molecule has 0 saturated carbocycles. The Morgan fingerprint density at radius 1 is 1.12 bits per heavy atom. The first-order valence-corrected chi connectivity index (χ1v) is 6.89. The highest BCUT2D eigenvalue weighted by Gasteiger charge is 2.38. The first-order chi connectivity index (χ1) is 8.31. The lowest BCUT2D eigenvalue weighted by atomic mass is 9.98. The fourth-order valence-corrected chi connectivity index (χ4v) is 3.27. The number of nitrogens with two attached hydrogens (primary N) is 1. The highest BCUT2D eigenvalue weighted by Crippen LogP contribution is 2.34. The van der Waals surface area contributed by atoms with Gasteiger partial charge in [0.1, 0.15) is 0 Å². The SMILES string of the molecule is COCCOCCCN1C2CCC1CC(N)C2. The molecule has 0 aromatic rings. The van der Waals surface area contributed by atoms with E-state index in [9.17, 15) is 0 Å². The molecule has 100 valence electrons. The molecule has 0 radical (unpaired) electrons. The van der Waals surface area contributed by atoms with Gasteiger partial charge in [-0.15, -0.1) is 0 Å². The van der Waals surface area contributed by atoms with Gasteiger partial charge < -0.3 is 15.2 Å². The molecule has 2 bridgehead atoms. The minimum atomic E-state index is 0.446. The molecule has 2 aliphatic rings. The van der Waals surface area contributed by atoms with E-state index in [1.165, 1.54) is 32.2 Å². The molecule has 17 heavy (non-hydrogen) atoms. The number of fused-ring (bicyclic) bond motifs is 2. The van der Waals surface area contributed by atoms with Crippen LogP contribution in [-0.2, 0) is 9.47 Å². The summed E-state index contributed by atoms with van der Waals surface area (Å²) in [6, 6.07) is 1.95. The molecule has 2 aliphatic heterocycles. The number of rotatable bonds is 7. The number of nitrogens with zero attached hydrogens (tertiary/aromatic N) is 1. The predicted octanol–water partition coefficient (Wildman–Crippen LogP) is 0.994. The van der Waals surface area contributed by atoms with Crippen LogP contribution >= 0.6 is 0 Å². The Balaban J connectivity index is 1.60. The lowest BCUT2D eigenvalue weighted by Gasteiger charge is -2.37. The van der Waals surface area contributed by atoms with Gasteiger partial charge in [-0.1, -0.05) is 0 Å². The van der Waals surface area contributed by atoms with E-state index >= 15 is 0 Å². The van der Waals surface area contributed by atoms with Crippen molar-refractivity contribution in [1.82, 2.24) is 4.90 Å². The monoisotopic (exact) mass is 242 g/mol. The number of methoxy groups -OCH3 is 1. The van der Waals surface area contributed by atoms with Crippen LogP contribution in [0.15, 0.2) is 0 Å². The largest absolute Gasteiger partial charge is 0.382 e. The molecule has 0 aromatic heterocycles. The van der Waals surface area contributed by atoms with E-state index < -0.39 is 0 Å². The van der Waals surface area contributed by atoms with Crippen molar-refractivity contribution in [3.63, 3.8) is 0 Å². The van der Waals surface area contributed by atoms with Crippen molar-refractivity contribution in [1.29, 1.82) is 0 Å². The van der Waals surface area contributed by atoms with E-state index in [4.69, 9.17) is 15.2 Å². The van der Waals surface area contributed by atoms with Crippen molar-refractivity contribution < 1.29 is 9.47 Å². The quantitative estimate of drug-likeness (QED) is 0.676. The lowest BCUT2D eigenvalue weighted by molar-refractivity contribution is 0.0570. The van der Waals surface area contributed by atoms with Crippen LogP contribution in [0.5, 0.6) is 0 Å². The Kier molecular flexibility index (Phi) is 5.22. The molecule has 0 aliphatic carbocycles. The summed E-state index contributed by atoms with van der Waals surface area (Å²) >= 11 is 0. The van der Waals surface area contributed by atoms with Crippen molar-refractivity contribution in [3.8, 4) is 0 Å². The average Bonchev–Trinajstić information content (AvgIpc) is 2.56. The molecule has 2 atom stereocenters. The van der Waals surface area contributed by atoms with Crippen molar-refractivity contribution in [2.45, 2.75) is 50.2 Å². The smallest absolute Gasteiger partial charge is 0.0700 e. The molecule has 2 heterocycles. The zero-order valence-corrected chi connectivity index (χ0v) is 10.9. The van der Waals surface area contributed by atoms with Crippen LogP contribution in [0.25, 0.3) is 0 Å². The first kappa shape index (κ1) is 13.3. The Bertz CT molecular complexity index is 211. The Hall–Kier alpha value is -0.160. The lowest BCUT2D eigenvalue weighted by Crippen LogP contribution is -2.47. The van der Waals surface area contributed by atoms with Crippen molar-refractivity contribution >= 4 is 0 Å². The molecule has 0 amide bonds. The maximum atomic E-state index is 6.06. The zero-order valence-electron chi connectivity index (χ0n) is 10.9. The highest BCUT2D eigenvalue weighted by molar-refractivity contribution is 4.96. The van der Waals surface area contributed by atoms with E-state index in [1.807, 2.05) is 0 Å². The van der Waals surface area contributed by atoms with Crippen LogP contribution in [0.4, 0.5) is 0 Å². The maximum absolute atomic E-state index is 6.06. The standard InChI is InChI=1S/C13H26N2O2/c1-16-7-8-17-6-2-5-15-12-3-4-13(15)10-11(14)9-12/h11-13H,2-10,14H2,1H3. The van der Waals surface area contributed by atoms with E-state index in [2.05, 4.69) is 4.90 Å². The van der Waals surface area contributed by atoms with Crippen LogP contribution in [0.1, 0.15) is 32.1 Å². The molecule has 4 heteroatoms. The molecular weight excluding hydrogens is 216 g/mol. The van der Waals surface area contributed by atoms with E-state index in [-0.39, 0.29) is 0 Å². The summed E-state index contributed by atoms with van der Waals surface area (Å²) in [6.07, 6.45) is 6.22. The molecular formula is C13H26N2O2. The van der Waals surface area contributed by atoms with Crippen molar-refractivity contribution in [3.05, 3.63) is 0 Å². The second kappa shape index (κ2) is 6.69. The number of piperidine rings is 1. The third-order valence-electron chi connectivity index (χ3n) is 4.06. The number of hydrogen-bond acceptors (Lipinski definition) is 4. The Morgan fingerprint density at radius 2 is 1.82 bits per heavy atom. The number of ether oxygens (including phenoxy) is 2.